The molecule has 0 saturated carbocycles. The number of rotatable bonds is 4. The second kappa shape index (κ2) is 4.68. The van der Waals surface area contributed by atoms with Crippen LogP contribution in [0.15, 0.2) is 32.8 Å². The van der Waals surface area contributed by atoms with E-state index < -0.39 is 23.0 Å². The molecule has 0 saturated heterocycles. The third kappa shape index (κ3) is 1.87. The van der Waals surface area contributed by atoms with Gasteiger partial charge >= 0.3 is 5.91 Å². The second-order valence-corrected chi connectivity index (χ2v) is 2.53. The van der Waals surface area contributed by atoms with Crippen LogP contribution in [0.2, 0.25) is 0 Å². The first-order chi connectivity index (χ1) is 7.67. The summed E-state index contributed by atoms with van der Waals surface area (Å²) in [5.74, 6) is -1.22. The lowest BCUT2D eigenvalue weighted by Gasteiger charge is -1.99. The van der Waals surface area contributed by atoms with Gasteiger partial charge in [-0.25, -0.2) is 0 Å². The molecule has 9 nitrogen and oxygen atoms in total. The summed E-state index contributed by atoms with van der Waals surface area (Å²) in [6, 6.07) is 1.64. The summed E-state index contributed by atoms with van der Waals surface area (Å²) >= 11 is 0. The third-order valence-corrected chi connectivity index (χ3v) is 1.69. The van der Waals surface area contributed by atoms with Crippen molar-refractivity contribution in [3.63, 3.8) is 0 Å². The van der Waals surface area contributed by atoms with Gasteiger partial charge in [-0.3, -0.25) is 4.79 Å². The highest BCUT2D eigenvalue weighted by molar-refractivity contribution is 5.98. The van der Waals surface area contributed by atoms with Gasteiger partial charge in [0.2, 0.25) is 0 Å². The number of amides is 1. The Morgan fingerprint density at radius 1 is 0.875 bits per heavy atom. The average molecular weight is 222 g/mol. The molecule has 1 aromatic carbocycles. The minimum atomic E-state index is -1.22. The summed E-state index contributed by atoms with van der Waals surface area (Å²) in [5.41, 5.74) is -2.07. The Labute approximate surface area is 86.7 Å². The van der Waals surface area contributed by atoms with Crippen LogP contribution in [0.25, 0.3) is 0 Å². The Morgan fingerprint density at radius 3 is 1.69 bits per heavy atom. The van der Waals surface area contributed by atoms with E-state index in [4.69, 9.17) is 0 Å². The third-order valence-electron chi connectivity index (χ3n) is 1.69. The van der Waals surface area contributed by atoms with Crippen molar-refractivity contribution in [1.82, 2.24) is 0 Å². The molecular formula is C7H2N4O5. The van der Waals surface area contributed by atoms with E-state index in [1.54, 1.807) is 0 Å². The normalized spacial score (nSPS) is 9.25. The van der Waals surface area contributed by atoms with Crippen molar-refractivity contribution in [2.75, 3.05) is 0 Å². The van der Waals surface area contributed by atoms with Crippen molar-refractivity contribution in [1.29, 1.82) is 0 Å². The molecule has 0 atom stereocenters. The Bertz CT molecular complexity index is 469. The SMILES string of the molecule is O=NC(=O)c1cc(N=O)c(N=O)c(N=O)c1. The van der Waals surface area contributed by atoms with Crippen LogP contribution in [0.5, 0.6) is 0 Å². The van der Waals surface area contributed by atoms with Gasteiger partial charge in [0.25, 0.3) is 0 Å². The fourth-order valence-electron chi connectivity index (χ4n) is 1.01. The molecule has 9 heteroatoms. The molecule has 0 bridgehead atoms. The Morgan fingerprint density at radius 2 is 1.38 bits per heavy atom. The Balaban J connectivity index is 3.54. The van der Waals surface area contributed by atoms with Gasteiger partial charge < -0.3 is 0 Å². The second-order valence-electron chi connectivity index (χ2n) is 2.53. The number of carbonyl (C=O) groups excluding carboxylic acids is 1. The van der Waals surface area contributed by atoms with E-state index in [-0.39, 0.29) is 5.56 Å². The highest BCUT2D eigenvalue weighted by Gasteiger charge is 2.17. The highest BCUT2D eigenvalue weighted by Crippen LogP contribution is 2.38. The van der Waals surface area contributed by atoms with Crippen molar-refractivity contribution < 1.29 is 4.79 Å². The lowest BCUT2D eigenvalue weighted by atomic mass is 10.1. The van der Waals surface area contributed by atoms with Crippen LogP contribution < -0.4 is 0 Å². The van der Waals surface area contributed by atoms with E-state index in [1.165, 1.54) is 0 Å². The summed E-state index contributed by atoms with van der Waals surface area (Å²) in [7, 11) is 0. The molecular weight excluding hydrogens is 220 g/mol. The minimum Gasteiger partial charge on any atom is -0.263 e. The molecule has 16 heavy (non-hydrogen) atoms. The van der Waals surface area contributed by atoms with Crippen LogP contribution in [0, 0.1) is 19.6 Å². The smallest absolute Gasteiger partial charge is 0.263 e. The summed E-state index contributed by atoms with van der Waals surface area (Å²) in [5, 5.41) is 9.24. The lowest BCUT2D eigenvalue weighted by Crippen LogP contribution is -1.92. The first-order valence-electron chi connectivity index (χ1n) is 3.73. The molecule has 1 rings (SSSR count). The fraction of sp³-hybridized carbons (Fsp3) is 0. The van der Waals surface area contributed by atoms with Crippen LogP contribution in [-0.2, 0) is 0 Å². The summed E-state index contributed by atoms with van der Waals surface area (Å²) in [6.45, 7) is 0. The van der Waals surface area contributed by atoms with Crippen molar-refractivity contribution in [3.05, 3.63) is 37.3 Å². The van der Waals surface area contributed by atoms with Gasteiger partial charge in [-0.05, 0) is 27.7 Å². The summed E-state index contributed by atoms with van der Waals surface area (Å²) < 4.78 is 0. The number of hydrogen-bond acceptors (Lipinski definition) is 8. The van der Waals surface area contributed by atoms with Crippen LogP contribution in [0.4, 0.5) is 17.1 Å². The van der Waals surface area contributed by atoms with Gasteiger partial charge in [-0.2, -0.15) is 0 Å². The van der Waals surface area contributed by atoms with Gasteiger partial charge in [0.1, 0.15) is 11.4 Å². The van der Waals surface area contributed by atoms with Gasteiger partial charge in [-0.1, -0.05) is 0 Å². The van der Waals surface area contributed by atoms with Crippen LogP contribution in [0.3, 0.4) is 0 Å². The fourth-order valence-corrected chi connectivity index (χ4v) is 1.01. The molecule has 80 valence electrons. The van der Waals surface area contributed by atoms with E-state index >= 15 is 0 Å². The average Bonchev–Trinajstić information content (AvgIpc) is 2.35. The maximum Gasteiger partial charge on any atom is 0.316 e. The van der Waals surface area contributed by atoms with E-state index in [9.17, 15) is 24.4 Å². The maximum atomic E-state index is 10.9. The zero-order valence-corrected chi connectivity index (χ0v) is 7.48. The molecule has 1 aromatic rings. The van der Waals surface area contributed by atoms with Crippen LogP contribution in [-0.4, -0.2) is 5.91 Å². The molecule has 0 N–H and O–H groups in total. The molecule has 0 unspecified atom stereocenters. The quantitative estimate of drug-likeness (QED) is 0.721. The standard InChI is InChI=1S/C7H2N4O5/c12-7(11-16)3-1-4(8-13)6(10-15)5(2-3)9-14/h1-2H. The molecule has 0 aliphatic rings. The maximum absolute atomic E-state index is 10.9. The van der Waals surface area contributed by atoms with E-state index in [0.717, 1.165) is 12.1 Å². The monoisotopic (exact) mass is 222 g/mol. The lowest BCUT2D eigenvalue weighted by molar-refractivity contribution is 0.100. The van der Waals surface area contributed by atoms with Crippen LogP contribution in [0.1, 0.15) is 10.4 Å². The summed E-state index contributed by atoms with van der Waals surface area (Å²) in [6.07, 6.45) is 0. The molecule has 0 aliphatic heterocycles. The van der Waals surface area contributed by atoms with Gasteiger partial charge in [0, 0.05) is 10.7 Å². The van der Waals surface area contributed by atoms with E-state index in [0.29, 0.717) is 0 Å². The first-order valence-corrected chi connectivity index (χ1v) is 3.73. The number of hydrogen-bond donors (Lipinski definition) is 0. The number of nitrogens with zero attached hydrogens (tertiary/aromatic N) is 4. The predicted octanol–water partition coefficient (Wildman–Crippen LogP) is 2.79. The molecule has 0 heterocycles. The topological polar surface area (TPSA) is 135 Å². The minimum absolute atomic E-state index is 0.369. The molecule has 0 spiro atoms. The highest BCUT2D eigenvalue weighted by atomic mass is 16.3. The largest absolute Gasteiger partial charge is 0.316 e. The van der Waals surface area contributed by atoms with E-state index in [2.05, 4.69) is 20.7 Å². The molecule has 0 aliphatic carbocycles. The van der Waals surface area contributed by atoms with Gasteiger partial charge in [0.05, 0.1) is 0 Å². The van der Waals surface area contributed by atoms with Crippen molar-refractivity contribution >= 4 is 23.0 Å². The Hall–Kier alpha value is -2.71. The molecule has 0 fully saturated rings. The van der Waals surface area contributed by atoms with Crippen LogP contribution >= 0.6 is 0 Å². The van der Waals surface area contributed by atoms with Crippen molar-refractivity contribution in [2.24, 2.45) is 20.7 Å². The molecule has 0 radical (unpaired) electrons. The first kappa shape index (κ1) is 11.4. The molecule has 1 amide bonds. The zero-order valence-electron chi connectivity index (χ0n) is 7.48. The molecule has 0 aromatic heterocycles. The number of nitroso groups, excluding NO2 is 4. The van der Waals surface area contributed by atoms with Gasteiger partial charge in [-0.15, -0.1) is 19.6 Å². The van der Waals surface area contributed by atoms with E-state index in [1.807, 2.05) is 0 Å². The zero-order chi connectivity index (χ0) is 12.1. The number of benzene rings is 1. The predicted molar refractivity (Wildman–Crippen MR) is 52.9 cm³/mol. The summed E-state index contributed by atoms with van der Waals surface area (Å²) in [4.78, 5) is 51.7. The Kier molecular flexibility index (Phi) is 3.33. The van der Waals surface area contributed by atoms with Crippen molar-refractivity contribution in [3.8, 4) is 0 Å². The van der Waals surface area contributed by atoms with Gasteiger partial charge in [0.15, 0.2) is 5.69 Å². The number of carbonyl (C=O) groups is 1. The van der Waals surface area contributed by atoms with Crippen molar-refractivity contribution in [2.45, 2.75) is 0 Å².